The summed E-state index contributed by atoms with van der Waals surface area (Å²) in [5, 5.41) is 12.8. The number of aromatic nitrogens is 3. The van der Waals surface area contributed by atoms with Gasteiger partial charge in [-0.15, -0.1) is 0 Å². The number of fused-ring (bicyclic) bond motifs is 1. The predicted octanol–water partition coefficient (Wildman–Crippen LogP) is 3.35. The first-order chi connectivity index (χ1) is 11.8. The lowest BCUT2D eigenvalue weighted by Crippen LogP contribution is -2.07. The van der Waals surface area contributed by atoms with Crippen LogP contribution in [0.25, 0.3) is 11.4 Å². The van der Waals surface area contributed by atoms with E-state index in [1.807, 2.05) is 24.3 Å². The monoisotopic (exact) mass is 318 g/mol. The third-order valence-electron chi connectivity index (χ3n) is 4.25. The van der Waals surface area contributed by atoms with Crippen LogP contribution in [0.15, 0.2) is 48.8 Å². The molecule has 5 heteroatoms. The van der Waals surface area contributed by atoms with E-state index in [0.29, 0.717) is 6.54 Å². The first-order valence-corrected chi connectivity index (χ1v) is 8.11. The zero-order chi connectivity index (χ0) is 16.4. The van der Waals surface area contributed by atoms with Gasteiger partial charge in [-0.1, -0.05) is 12.1 Å². The molecule has 0 saturated carbocycles. The Morgan fingerprint density at radius 1 is 1.04 bits per heavy atom. The third-order valence-corrected chi connectivity index (χ3v) is 4.25. The summed E-state index contributed by atoms with van der Waals surface area (Å²) < 4.78 is 0. The van der Waals surface area contributed by atoms with E-state index >= 15 is 0 Å². The van der Waals surface area contributed by atoms with Crippen LogP contribution >= 0.6 is 0 Å². The SMILES string of the molecule is Oc1ccc(CNc2nc(-c3cccnc3)nc3c2CCC3)cc1. The van der Waals surface area contributed by atoms with Crippen molar-refractivity contribution in [1.29, 1.82) is 0 Å². The quantitative estimate of drug-likeness (QED) is 0.772. The summed E-state index contributed by atoms with van der Waals surface area (Å²) in [5.74, 6) is 1.90. The van der Waals surface area contributed by atoms with E-state index < -0.39 is 0 Å². The maximum absolute atomic E-state index is 9.38. The molecule has 0 saturated heterocycles. The fraction of sp³-hybridized carbons (Fsp3) is 0.211. The molecule has 0 fully saturated rings. The van der Waals surface area contributed by atoms with Crippen molar-refractivity contribution < 1.29 is 5.11 Å². The van der Waals surface area contributed by atoms with Crippen molar-refractivity contribution in [3.8, 4) is 17.1 Å². The van der Waals surface area contributed by atoms with Gasteiger partial charge in [-0.05, 0) is 49.1 Å². The van der Waals surface area contributed by atoms with E-state index in [2.05, 4.69) is 10.3 Å². The third kappa shape index (κ3) is 2.93. The van der Waals surface area contributed by atoms with Gasteiger partial charge in [0.2, 0.25) is 0 Å². The molecule has 0 bridgehead atoms. The summed E-state index contributed by atoms with van der Waals surface area (Å²) >= 11 is 0. The van der Waals surface area contributed by atoms with Gasteiger partial charge >= 0.3 is 0 Å². The minimum atomic E-state index is 0.278. The Kier molecular flexibility index (Phi) is 3.83. The molecule has 5 nitrogen and oxygen atoms in total. The minimum Gasteiger partial charge on any atom is -0.508 e. The van der Waals surface area contributed by atoms with E-state index in [1.54, 1.807) is 24.5 Å². The Morgan fingerprint density at radius 3 is 2.71 bits per heavy atom. The maximum atomic E-state index is 9.38. The lowest BCUT2D eigenvalue weighted by atomic mass is 10.2. The minimum absolute atomic E-state index is 0.278. The Hall–Kier alpha value is -2.95. The number of aryl methyl sites for hydroxylation is 1. The molecule has 0 amide bonds. The number of hydrogen-bond donors (Lipinski definition) is 2. The van der Waals surface area contributed by atoms with Crippen molar-refractivity contribution in [3.05, 3.63) is 65.6 Å². The largest absolute Gasteiger partial charge is 0.508 e. The highest BCUT2D eigenvalue weighted by Crippen LogP contribution is 2.29. The maximum Gasteiger partial charge on any atom is 0.163 e. The number of anilines is 1. The predicted molar refractivity (Wildman–Crippen MR) is 92.7 cm³/mol. The van der Waals surface area contributed by atoms with E-state index in [-0.39, 0.29) is 5.75 Å². The molecule has 4 rings (SSSR count). The molecule has 0 atom stereocenters. The molecule has 0 spiro atoms. The van der Waals surface area contributed by atoms with Gasteiger partial charge in [-0.3, -0.25) is 4.98 Å². The number of nitrogens with one attached hydrogen (secondary N) is 1. The molecule has 2 N–H and O–H groups in total. The summed E-state index contributed by atoms with van der Waals surface area (Å²) in [6.07, 6.45) is 6.68. The lowest BCUT2D eigenvalue weighted by molar-refractivity contribution is 0.475. The molecule has 1 aliphatic carbocycles. The first-order valence-electron chi connectivity index (χ1n) is 8.11. The van der Waals surface area contributed by atoms with Gasteiger partial charge in [0.1, 0.15) is 11.6 Å². The number of hydrogen-bond acceptors (Lipinski definition) is 5. The average molecular weight is 318 g/mol. The van der Waals surface area contributed by atoms with Gasteiger partial charge in [0.15, 0.2) is 5.82 Å². The van der Waals surface area contributed by atoms with E-state index in [9.17, 15) is 5.11 Å². The van der Waals surface area contributed by atoms with Crippen LogP contribution in [0.3, 0.4) is 0 Å². The molecule has 0 aliphatic heterocycles. The van der Waals surface area contributed by atoms with E-state index in [4.69, 9.17) is 9.97 Å². The molecule has 120 valence electrons. The average Bonchev–Trinajstić information content (AvgIpc) is 3.10. The van der Waals surface area contributed by atoms with Gasteiger partial charge in [0, 0.05) is 35.8 Å². The molecule has 1 aromatic carbocycles. The summed E-state index contributed by atoms with van der Waals surface area (Å²) in [5.41, 5.74) is 4.39. The standard InChI is InChI=1S/C19H18N4O/c24-15-8-6-13(7-9-15)11-21-19-16-4-1-5-17(16)22-18(23-19)14-3-2-10-20-12-14/h2-3,6-10,12,24H,1,4-5,11H2,(H,21,22,23). The number of phenols is 1. The molecule has 0 unspecified atom stereocenters. The van der Waals surface area contributed by atoms with Gasteiger partial charge in [-0.25, -0.2) is 9.97 Å². The van der Waals surface area contributed by atoms with E-state index in [1.165, 1.54) is 5.56 Å². The van der Waals surface area contributed by atoms with Crippen molar-refractivity contribution in [1.82, 2.24) is 15.0 Å². The zero-order valence-electron chi connectivity index (χ0n) is 13.2. The second-order valence-electron chi connectivity index (χ2n) is 5.94. The van der Waals surface area contributed by atoms with Crippen LogP contribution in [0.5, 0.6) is 5.75 Å². The summed E-state index contributed by atoms with van der Waals surface area (Å²) in [4.78, 5) is 13.6. The molecule has 1 aliphatic rings. The Morgan fingerprint density at radius 2 is 1.92 bits per heavy atom. The van der Waals surface area contributed by atoms with Crippen molar-refractivity contribution in [3.63, 3.8) is 0 Å². The smallest absolute Gasteiger partial charge is 0.163 e. The van der Waals surface area contributed by atoms with Crippen LogP contribution < -0.4 is 5.32 Å². The van der Waals surface area contributed by atoms with Crippen molar-refractivity contribution >= 4 is 5.82 Å². The molecule has 24 heavy (non-hydrogen) atoms. The van der Waals surface area contributed by atoms with Crippen LogP contribution in [0, 0.1) is 0 Å². The van der Waals surface area contributed by atoms with Crippen molar-refractivity contribution in [2.75, 3.05) is 5.32 Å². The Bertz CT molecular complexity index is 847. The van der Waals surface area contributed by atoms with Crippen LogP contribution in [-0.4, -0.2) is 20.1 Å². The Labute approximate surface area is 140 Å². The van der Waals surface area contributed by atoms with Crippen molar-refractivity contribution in [2.24, 2.45) is 0 Å². The summed E-state index contributed by atoms with van der Waals surface area (Å²) in [7, 11) is 0. The second kappa shape index (κ2) is 6.28. The highest BCUT2D eigenvalue weighted by Gasteiger charge is 2.19. The lowest BCUT2D eigenvalue weighted by Gasteiger charge is -2.12. The first kappa shape index (κ1) is 14.6. The number of pyridine rings is 1. The van der Waals surface area contributed by atoms with E-state index in [0.717, 1.165) is 47.7 Å². The van der Waals surface area contributed by atoms with Crippen LogP contribution in [0.4, 0.5) is 5.82 Å². The van der Waals surface area contributed by atoms with Gasteiger partial charge < -0.3 is 10.4 Å². The molecule has 2 aromatic heterocycles. The van der Waals surface area contributed by atoms with Gasteiger partial charge in [-0.2, -0.15) is 0 Å². The summed E-state index contributed by atoms with van der Waals surface area (Å²) in [6.45, 7) is 0.663. The number of nitrogens with zero attached hydrogens (tertiary/aromatic N) is 3. The molecule has 2 heterocycles. The second-order valence-corrected chi connectivity index (χ2v) is 5.94. The molecular weight excluding hydrogens is 300 g/mol. The van der Waals surface area contributed by atoms with Crippen molar-refractivity contribution in [2.45, 2.75) is 25.8 Å². The van der Waals surface area contributed by atoms with Gasteiger partial charge in [0.25, 0.3) is 0 Å². The number of aromatic hydroxyl groups is 1. The Balaban J connectivity index is 1.64. The van der Waals surface area contributed by atoms with Crippen LogP contribution in [0.1, 0.15) is 23.2 Å². The molecular formula is C19H18N4O. The number of rotatable bonds is 4. The molecule has 3 aromatic rings. The fourth-order valence-electron chi connectivity index (χ4n) is 3.00. The number of benzene rings is 1. The van der Waals surface area contributed by atoms with Gasteiger partial charge in [0.05, 0.1) is 0 Å². The fourth-order valence-corrected chi connectivity index (χ4v) is 3.00. The normalized spacial score (nSPS) is 12.8. The van der Waals surface area contributed by atoms with Crippen LogP contribution in [0.2, 0.25) is 0 Å². The summed E-state index contributed by atoms with van der Waals surface area (Å²) in [6, 6.07) is 11.1. The van der Waals surface area contributed by atoms with Crippen LogP contribution in [-0.2, 0) is 19.4 Å². The topological polar surface area (TPSA) is 70.9 Å². The zero-order valence-corrected chi connectivity index (χ0v) is 13.2. The number of phenolic OH excluding ortho intramolecular Hbond substituents is 1. The molecule has 0 radical (unpaired) electrons. The highest BCUT2D eigenvalue weighted by molar-refractivity contribution is 5.60. The highest BCUT2D eigenvalue weighted by atomic mass is 16.3.